The quantitative estimate of drug-likeness (QED) is 0.384. The molecular weight excluding hydrogens is 183 g/mol. The normalized spacial score (nSPS) is 14.9. The molecule has 0 bridgehead atoms. The van der Waals surface area contributed by atoms with Crippen molar-refractivity contribution in [1.29, 1.82) is 0 Å². The summed E-state index contributed by atoms with van der Waals surface area (Å²) in [5.41, 5.74) is -1.29. The highest BCUT2D eigenvalue weighted by atomic mass is 16.4. The smallest absolute Gasteiger partial charge is 0.429 e. The van der Waals surface area contributed by atoms with Crippen molar-refractivity contribution in [3.05, 3.63) is 12.2 Å². The lowest BCUT2D eigenvalue weighted by molar-refractivity contribution is -0.118. The highest BCUT2D eigenvalue weighted by molar-refractivity contribution is 6.13. The van der Waals surface area contributed by atoms with Crippen molar-refractivity contribution >= 4 is 7.69 Å². The molecule has 0 aromatic rings. The molecule has 0 saturated heterocycles. The van der Waals surface area contributed by atoms with Crippen LogP contribution in [-0.2, 0) is 0 Å². The standard InChI is InChI=1S/C9H18O2.BH2O2/c1-7(2)6-9(5,11)8(3,4)10;2-1-3/h10-11H,1,6H2,2-5H3;2-3H. The van der Waals surface area contributed by atoms with E-state index in [4.69, 9.17) is 10.0 Å². The Morgan fingerprint density at radius 3 is 1.57 bits per heavy atom. The van der Waals surface area contributed by atoms with E-state index in [9.17, 15) is 10.2 Å². The third-order valence-corrected chi connectivity index (χ3v) is 1.96. The molecule has 0 aliphatic rings. The van der Waals surface area contributed by atoms with Crippen molar-refractivity contribution in [2.45, 2.75) is 45.3 Å². The Morgan fingerprint density at radius 1 is 1.21 bits per heavy atom. The topological polar surface area (TPSA) is 80.9 Å². The monoisotopic (exact) mass is 203 g/mol. The molecule has 14 heavy (non-hydrogen) atoms. The van der Waals surface area contributed by atoms with E-state index < -0.39 is 11.2 Å². The Balaban J connectivity index is 0. The minimum atomic E-state index is -1.08. The number of hydrogen-bond acceptors (Lipinski definition) is 4. The largest absolute Gasteiger partial charge is 0.482 e. The van der Waals surface area contributed by atoms with Crippen LogP contribution >= 0.6 is 0 Å². The molecule has 0 aromatic heterocycles. The van der Waals surface area contributed by atoms with Crippen molar-refractivity contribution < 1.29 is 20.3 Å². The Labute approximate surface area is 86.2 Å². The van der Waals surface area contributed by atoms with Crippen LogP contribution in [0.2, 0.25) is 0 Å². The van der Waals surface area contributed by atoms with E-state index >= 15 is 0 Å². The van der Waals surface area contributed by atoms with Crippen LogP contribution in [-0.4, -0.2) is 39.1 Å². The Kier molecular flexibility index (Phi) is 7.11. The summed E-state index contributed by atoms with van der Waals surface area (Å²) in [5.74, 6) is 0. The highest BCUT2D eigenvalue weighted by Crippen LogP contribution is 2.27. The molecule has 0 fully saturated rings. The molecule has 4 nitrogen and oxygen atoms in total. The molecule has 0 aliphatic heterocycles. The van der Waals surface area contributed by atoms with Gasteiger partial charge in [-0.2, -0.15) is 0 Å². The first kappa shape index (κ1) is 16.1. The average molecular weight is 203 g/mol. The zero-order valence-corrected chi connectivity index (χ0v) is 9.28. The lowest BCUT2D eigenvalue weighted by atomic mass is 9.83. The lowest BCUT2D eigenvalue weighted by Gasteiger charge is -2.35. The van der Waals surface area contributed by atoms with Crippen molar-refractivity contribution in [2.24, 2.45) is 0 Å². The molecule has 4 N–H and O–H groups in total. The minimum Gasteiger partial charge on any atom is -0.429 e. The summed E-state index contributed by atoms with van der Waals surface area (Å²) in [7, 11) is 0. The van der Waals surface area contributed by atoms with Gasteiger partial charge in [-0.05, 0) is 34.1 Å². The van der Waals surface area contributed by atoms with Gasteiger partial charge < -0.3 is 20.3 Å². The van der Waals surface area contributed by atoms with E-state index in [1.54, 1.807) is 20.8 Å². The van der Waals surface area contributed by atoms with Crippen LogP contribution in [0.15, 0.2) is 12.2 Å². The fourth-order valence-electron chi connectivity index (χ4n) is 0.804. The van der Waals surface area contributed by atoms with Crippen LogP contribution in [0, 0.1) is 0 Å². The fraction of sp³-hybridized carbons (Fsp3) is 0.778. The van der Waals surface area contributed by atoms with Gasteiger partial charge in [-0.15, -0.1) is 6.58 Å². The van der Waals surface area contributed by atoms with E-state index in [1.807, 2.05) is 6.92 Å². The first-order valence-corrected chi connectivity index (χ1v) is 4.27. The first-order chi connectivity index (χ1) is 6.08. The molecule has 0 spiro atoms. The summed E-state index contributed by atoms with van der Waals surface area (Å²) in [6.07, 6.45) is 0.427. The SMILES string of the molecule is C=C(C)CC(C)(O)C(C)(C)O.O[B]O. The van der Waals surface area contributed by atoms with Gasteiger partial charge >= 0.3 is 7.69 Å². The third kappa shape index (κ3) is 7.09. The molecule has 0 aromatic carbocycles. The predicted octanol–water partition coefficient (Wildman–Crippen LogP) is -0.0203. The van der Waals surface area contributed by atoms with Crippen molar-refractivity contribution in [3.8, 4) is 0 Å². The van der Waals surface area contributed by atoms with Gasteiger partial charge in [0.1, 0.15) is 0 Å². The summed E-state index contributed by atoms with van der Waals surface area (Å²) >= 11 is 0. The third-order valence-electron chi connectivity index (χ3n) is 1.96. The molecule has 1 unspecified atom stereocenters. The van der Waals surface area contributed by atoms with Crippen LogP contribution in [0.4, 0.5) is 0 Å². The minimum absolute atomic E-state index is 0. The van der Waals surface area contributed by atoms with Crippen LogP contribution in [0.1, 0.15) is 34.1 Å². The predicted molar refractivity (Wildman–Crippen MR) is 56.5 cm³/mol. The fourth-order valence-corrected chi connectivity index (χ4v) is 0.804. The van der Waals surface area contributed by atoms with Crippen LogP contribution in [0.3, 0.4) is 0 Å². The van der Waals surface area contributed by atoms with Crippen LogP contribution in [0.25, 0.3) is 0 Å². The Morgan fingerprint density at radius 2 is 1.50 bits per heavy atom. The molecular formula is C9H20BO4. The van der Waals surface area contributed by atoms with Gasteiger partial charge in [0.15, 0.2) is 0 Å². The maximum Gasteiger partial charge on any atom is 0.482 e. The van der Waals surface area contributed by atoms with Gasteiger partial charge in [-0.3, -0.25) is 0 Å². The van der Waals surface area contributed by atoms with E-state index in [2.05, 4.69) is 6.58 Å². The van der Waals surface area contributed by atoms with E-state index in [-0.39, 0.29) is 7.69 Å². The van der Waals surface area contributed by atoms with Gasteiger partial charge in [-0.25, -0.2) is 0 Å². The molecule has 0 heterocycles. The van der Waals surface area contributed by atoms with E-state index in [0.717, 1.165) is 5.57 Å². The zero-order valence-electron chi connectivity index (χ0n) is 9.28. The molecule has 1 radical (unpaired) electrons. The maximum absolute atomic E-state index is 9.71. The van der Waals surface area contributed by atoms with Gasteiger partial charge in [0.05, 0.1) is 11.2 Å². The molecule has 0 rings (SSSR count). The van der Waals surface area contributed by atoms with Crippen LogP contribution < -0.4 is 0 Å². The van der Waals surface area contributed by atoms with Crippen molar-refractivity contribution in [2.75, 3.05) is 0 Å². The average Bonchev–Trinajstić information content (AvgIpc) is 1.82. The van der Waals surface area contributed by atoms with Crippen LogP contribution in [0.5, 0.6) is 0 Å². The molecule has 0 amide bonds. The van der Waals surface area contributed by atoms with Gasteiger partial charge in [0.2, 0.25) is 0 Å². The Hall–Kier alpha value is -0.355. The van der Waals surface area contributed by atoms with Gasteiger partial charge in [0, 0.05) is 0 Å². The van der Waals surface area contributed by atoms with Gasteiger partial charge in [0.25, 0.3) is 0 Å². The molecule has 83 valence electrons. The second kappa shape index (κ2) is 6.19. The summed E-state index contributed by atoms with van der Waals surface area (Å²) in [6.45, 7) is 10.3. The Bertz CT molecular complexity index is 172. The van der Waals surface area contributed by atoms with E-state index in [0.29, 0.717) is 6.42 Å². The summed E-state index contributed by atoms with van der Waals surface area (Å²) < 4.78 is 0. The second-order valence-electron chi connectivity index (χ2n) is 4.08. The summed E-state index contributed by atoms with van der Waals surface area (Å²) in [5, 5.41) is 33.2. The molecule has 0 aliphatic carbocycles. The lowest BCUT2D eigenvalue weighted by Crippen LogP contribution is -2.47. The zero-order chi connectivity index (χ0) is 12.0. The first-order valence-electron chi connectivity index (χ1n) is 4.27. The summed E-state index contributed by atoms with van der Waals surface area (Å²) in [4.78, 5) is 0. The number of aliphatic hydroxyl groups is 2. The molecule has 0 saturated carbocycles. The number of hydrogen-bond donors (Lipinski definition) is 4. The number of rotatable bonds is 3. The second-order valence-corrected chi connectivity index (χ2v) is 4.08. The summed E-state index contributed by atoms with van der Waals surface area (Å²) in [6, 6.07) is 0. The van der Waals surface area contributed by atoms with Crippen molar-refractivity contribution in [1.82, 2.24) is 0 Å². The van der Waals surface area contributed by atoms with E-state index in [1.165, 1.54) is 0 Å². The molecule has 1 atom stereocenters. The van der Waals surface area contributed by atoms with Gasteiger partial charge in [-0.1, -0.05) is 5.57 Å². The maximum atomic E-state index is 9.71. The van der Waals surface area contributed by atoms with Crippen molar-refractivity contribution in [3.63, 3.8) is 0 Å². The molecule has 5 heteroatoms. The highest BCUT2D eigenvalue weighted by Gasteiger charge is 2.36.